The molecule has 1 aliphatic rings. The van der Waals surface area contributed by atoms with E-state index in [0.717, 1.165) is 44.8 Å². The van der Waals surface area contributed by atoms with Crippen molar-refractivity contribution in [2.24, 2.45) is 10.9 Å². The summed E-state index contributed by atoms with van der Waals surface area (Å²) in [5.41, 5.74) is 0.860. The zero-order valence-corrected chi connectivity index (χ0v) is 18.7. The molecule has 0 spiro atoms. The zero-order chi connectivity index (χ0) is 21.3. The highest BCUT2D eigenvalue weighted by atomic mass is 35.5. The van der Waals surface area contributed by atoms with Gasteiger partial charge in [0.25, 0.3) is 0 Å². The molecule has 1 atom stereocenters. The van der Waals surface area contributed by atoms with E-state index >= 15 is 0 Å². The molecule has 9 heteroatoms. The normalized spacial score (nSPS) is 16.6. The molecule has 0 radical (unpaired) electrons. The van der Waals surface area contributed by atoms with Crippen molar-refractivity contribution in [1.82, 2.24) is 25.7 Å². The molecule has 2 heterocycles. The lowest BCUT2D eigenvalue weighted by atomic mass is 10.0. The van der Waals surface area contributed by atoms with Gasteiger partial charge < -0.3 is 19.9 Å². The molecule has 30 heavy (non-hydrogen) atoms. The van der Waals surface area contributed by atoms with E-state index in [0.29, 0.717) is 41.2 Å². The van der Waals surface area contributed by atoms with E-state index in [9.17, 15) is 0 Å². The molecule has 1 saturated heterocycles. The first-order valence-corrected chi connectivity index (χ1v) is 10.8. The summed E-state index contributed by atoms with van der Waals surface area (Å²) in [4.78, 5) is 11.3. The van der Waals surface area contributed by atoms with E-state index in [2.05, 4.69) is 44.5 Å². The van der Waals surface area contributed by atoms with Gasteiger partial charge in [0.2, 0.25) is 11.7 Å². The topological polar surface area (TPSA) is 87.8 Å². The zero-order valence-electron chi connectivity index (χ0n) is 17.9. The van der Waals surface area contributed by atoms with Gasteiger partial charge in [-0.1, -0.05) is 30.6 Å². The number of aromatic nitrogens is 2. The van der Waals surface area contributed by atoms with Crippen LogP contribution in [0.4, 0.5) is 0 Å². The second kappa shape index (κ2) is 11.3. The molecule has 2 aromatic rings. The Hall–Kier alpha value is -2.16. The van der Waals surface area contributed by atoms with Gasteiger partial charge in [-0.15, -0.1) is 0 Å². The van der Waals surface area contributed by atoms with Gasteiger partial charge in [-0.3, -0.25) is 9.89 Å². The lowest BCUT2D eigenvalue weighted by molar-refractivity contribution is 0.0132. The van der Waals surface area contributed by atoms with E-state index in [-0.39, 0.29) is 0 Å². The molecular formula is C21H31ClN6O2. The maximum atomic E-state index is 5.93. The Labute approximate surface area is 183 Å². The summed E-state index contributed by atoms with van der Waals surface area (Å²) in [6, 6.07) is 7.78. The summed E-state index contributed by atoms with van der Waals surface area (Å²) in [6.45, 7) is 9.28. The van der Waals surface area contributed by atoms with Crippen molar-refractivity contribution < 1.29 is 9.26 Å². The number of benzene rings is 1. The van der Waals surface area contributed by atoms with Crippen LogP contribution in [0.15, 0.2) is 33.8 Å². The average Bonchev–Trinajstić information content (AvgIpc) is 3.23. The Morgan fingerprint density at radius 2 is 1.93 bits per heavy atom. The standard InChI is InChI=1S/C21H31ClN6O2/c1-15(2)12-18(28-8-10-29-11-9-28)13-24-21(23-3)25-14-19-26-20(27-30-19)16-4-6-17(22)7-5-16/h4-7,15,18H,8-14H2,1-3H3,(H2,23,24,25). The number of aliphatic imine (C=N–C) groups is 1. The third kappa shape index (κ3) is 6.68. The first kappa shape index (κ1) is 22.5. The molecule has 2 N–H and O–H groups in total. The fourth-order valence-electron chi connectivity index (χ4n) is 3.49. The summed E-state index contributed by atoms with van der Waals surface area (Å²) in [7, 11) is 1.76. The molecule has 0 amide bonds. The van der Waals surface area contributed by atoms with Gasteiger partial charge in [-0.05, 0) is 36.6 Å². The second-order valence-electron chi connectivity index (χ2n) is 7.76. The summed E-state index contributed by atoms with van der Waals surface area (Å²) < 4.78 is 10.9. The van der Waals surface area contributed by atoms with Crippen LogP contribution in [0.1, 0.15) is 26.2 Å². The van der Waals surface area contributed by atoms with Crippen LogP contribution < -0.4 is 10.6 Å². The van der Waals surface area contributed by atoms with E-state index in [1.807, 2.05) is 12.1 Å². The minimum Gasteiger partial charge on any atom is -0.379 e. The Morgan fingerprint density at radius 3 is 2.60 bits per heavy atom. The van der Waals surface area contributed by atoms with E-state index in [1.165, 1.54) is 0 Å². The molecule has 0 aliphatic carbocycles. The number of halogens is 1. The number of ether oxygens (including phenoxy) is 1. The molecule has 1 aliphatic heterocycles. The van der Waals surface area contributed by atoms with E-state index in [4.69, 9.17) is 20.9 Å². The predicted molar refractivity (Wildman–Crippen MR) is 119 cm³/mol. The minimum atomic E-state index is 0.396. The van der Waals surface area contributed by atoms with E-state index < -0.39 is 0 Å². The quantitative estimate of drug-likeness (QED) is 0.487. The second-order valence-corrected chi connectivity index (χ2v) is 8.19. The Bertz CT molecular complexity index is 802. The van der Waals surface area contributed by atoms with Gasteiger partial charge in [0, 0.05) is 43.3 Å². The molecule has 0 saturated carbocycles. The van der Waals surface area contributed by atoms with Crippen LogP contribution in [0, 0.1) is 5.92 Å². The van der Waals surface area contributed by atoms with Crippen LogP contribution in [0.25, 0.3) is 11.4 Å². The smallest absolute Gasteiger partial charge is 0.246 e. The van der Waals surface area contributed by atoms with Gasteiger partial charge in [0.05, 0.1) is 19.8 Å². The number of nitrogens with one attached hydrogen (secondary N) is 2. The van der Waals surface area contributed by atoms with Crippen molar-refractivity contribution in [3.63, 3.8) is 0 Å². The monoisotopic (exact) mass is 434 g/mol. The van der Waals surface area contributed by atoms with Gasteiger partial charge in [0.15, 0.2) is 5.96 Å². The molecule has 3 rings (SSSR count). The van der Waals surface area contributed by atoms with Crippen LogP contribution >= 0.6 is 11.6 Å². The van der Waals surface area contributed by atoms with Crippen molar-refractivity contribution in [2.75, 3.05) is 39.9 Å². The fraction of sp³-hybridized carbons (Fsp3) is 0.571. The number of rotatable bonds is 8. The van der Waals surface area contributed by atoms with Crippen molar-refractivity contribution in [3.05, 3.63) is 35.2 Å². The summed E-state index contributed by atoms with van der Waals surface area (Å²) >= 11 is 5.93. The number of hydrogen-bond donors (Lipinski definition) is 2. The molecule has 1 aromatic heterocycles. The number of hydrogen-bond acceptors (Lipinski definition) is 6. The Balaban J connectivity index is 1.52. The van der Waals surface area contributed by atoms with Crippen LogP contribution in [0.2, 0.25) is 5.02 Å². The first-order valence-electron chi connectivity index (χ1n) is 10.4. The molecule has 164 valence electrons. The van der Waals surface area contributed by atoms with E-state index in [1.54, 1.807) is 19.2 Å². The first-order chi connectivity index (χ1) is 14.5. The van der Waals surface area contributed by atoms with Gasteiger partial charge >= 0.3 is 0 Å². The highest BCUT2D eigenvalue weighted by molar-refractivity contribution is 6.30. The lowest BCUT2D eigenvalue weighted by Gasteiger charge is -2.35. The molecule has 0 bridgehead atoms. The van der Waals surface area contributed by atoms with Crippen LogP contribution in [0.5, 0.6) is 0 Å². The minimum absolute atomic E-state index is 0.396. The molecule has 8 nitrogen and oxygen atoms in total. The number of morpholine rings is 1. The average molecular weight is 435 g/mol. The van der Waals surface area contributed by atoms with Crippen LogP contribution in [-0.4, -0.2) is 66.9 Å². The van der Waals surface area contributed by atoms with Gasteiger partial charge in [-0.25, -0.2) is 0 Å². The Kier molecular flexibility index (Phi) is 8.48. The third-order valence-corrected chi connectivity index (χ3v) is 5.26. The predicted octanol–water partition coefficient (Wildman–Crippen LogP) is 2.80. The van der Waals surface area contributed by atoms with Gasteiger partial charge in [0.1, 0.15) is 0 Å². The summed E-state index contributed by atoms with van der Waals surface area (Å²) in [5, 5.41) is 11.4. The third-order valence-electron chi connectivity index (χ3n) is 5.01. The van der Waals surface area contributed by atoms with Crippen molar-refractivity contribution in [2.45, 2.75) is 32.9 Å². The van der Waals surface area contributed by atoms with Gasteiger partial charge in [-0.2, -0.15) is 4.98 Å². The maximum Gasteiger partial charge on any atom is 0.246 e. The highest BCUT2D eigenvalue weighted by Crippen LogP contribution is 2.18. The lowest BCUT2D eigenvalue weighted by Crippen LogP contribution is -2.51. The maximum absolute atomic E-state index is 5.93. The molecular weight excluding hydrogens is 404 g/mol. The number of guanidine groups is 1. The van der Waals surface area contributed by atoms with Crippen molar-refractivity contribution in [3.8, 4) is 11.4 Å². The van der Waals surface area contributed by atoms with Crippen molar-refractivity contribution >= 4 is 17.6 Å². The molecule has 1 fully saturated rings. The molecule has 1 unspecified atom stereocenters. The SMILES string of the molecule is CN=C(NCc1nc(-c2ccc(Cl)cc2)no1)NCC(CC(C)C)N1CCOCC1. The van der Waals surface area contributed by atoms with Crippen LogP contribution in [0.3, 0.4) is 0 Å². The largest absolute Gasteiger partial charge is 0.379 e. The summed E-state index contributed by atoms with van der Waals surface area (Å²) in [5.74, 6) is 2.37. The Morgan fingerprint density at radius 1 is 1.20 bits per heavy atom. The summed E-state index contributed by atoms with van der Waals surface area (Å²) in [6.07, 6.45) is 1.12. The number of nitrogens with zero attached hydrogens (tertiary/aromatic N) is 4. The van der Waals surface area contributed by atoms with Crippen molar-refractivity contribution in [1.29, 1.82) is 0 Å². The fourth-order valence-corrected chi connectivity index (χ4v) is 3.61. The highest BCUT2D eigenvalue weighted by Gasteiger charge is 2.22. The van der Waals surface area contributed by atoms with Crippen LogP contribution in [-0.2, 0) is 11.3 Å². The molecule has 1 aromatic carbocycles.